The molecule has 32 heavy (non-hydrogen) atoms. The van der Waals surface area contributed by atoms with Crippen molar-refractivity contribution in [2.24, 2.45) is 0 Å². The number of hydrogen-bond donors (Lipinski definition) is 2. The first-order valence-corrected chi connectivity index (χ1v) is 11.4. The van der Waals surface area contributed by atoms with Gasteiger partial charge in [0.25, 0.3) is 0 Å². The van der Waals surface area contributed by atoms with E-state index in [2.05, 4.69) is 0 Å². The van der Waals surface area contributed by atoms with Crippen LogP contribution in [-0.2, 0) is 6.42 Å². The van der Waals surface area contributed by atoms with Gasteiger partial charge in [-0.05, 0) is 73.7 Å². The Morgan fingerprint density at radius 2 is 1.84 bits per heavy atom. The first-order valence-electron chi connectivity index (χ1n) is 10.7. The molecule has 0 saturated carbocycles. The smallest absolute Gasteiger partial charge is 0.228 e. The Kier molecular flexibility index (Phi) is 8.23. The summed E-state index contributed by atoms with van der Waals surface area (Å²) in [6, 6.07) is 9.06. The zero-order chi connectivity index (χ0) is 23.4. The van der Waals surface area contributed by atoms with Crippen LogP contribution in [0.5, 0.6) is 5.75 Å². The second-order valence-electron chi connectivity index (χ2n) is 8.21. The summed E-state index contributed by atoms with van der Waals surface area (Å²) < 4.78 is 11.6. The molecule has 1 aromatic heterocycles. The number of ether oxygens (including phenoxy) is 1. The van der Waals surface area contributed by atoms with Gasteiger partial charge in [-0.3, -0.25) is 0 Å². The molecule has 1 unspecified atom stereocenters. The zero-order valence-electron chi connectivity index (χ0n) is 18.8. The normalized spacial score (nSPS) is 12.4. The molecule has 0 aliphatic heterocycles. The van der Waals surface area contributed by atoms with Crippen molar-refractivity contribution in [1.29, 1.82) is 0 Å². The summed E-state index contributed by atoms with van der Waals surface area (Å²) in [5, 5.41) is 20.9. The number of hydrogen-bond acceptors (Lipinski definition) is 5. The van der Waals surface area contributed by atoms with E-state index in [1.54, 1.807) is 18.2 Å². The van der Waals surface area contributed by atoms with Gasteiger partial charge < -0.3 is 19.4 Å². The van der Waals surface area contributed by atoms with Gasteiger partial charge in [-0.25, -0.2) is 4.98 Å². The fraction of sp³-hybridized carbons (Fsp3) is 0.400. The minimum absolute atomic E-state index is 0.0397. The summed E-state index contributed by atoms with van der Waals surface area (Å²) in [5.74, 6) is 2.10. The molecule has 2 N–H and O–H groups in total. The van der Waals surface area contributed by atoms with Crippen LogP contribution in [-0.4, -0.2) is 28.4 Å². The van der Waals surface area contributed by atoms with Gasteiger partial charge in [-0.1, -0.05) is 37.0 Å². The molecule has 0 radical (unpaired) electrons. The number of aromatic nitrogens is 1. The molecule has 2 aromatic carbocycles. The Labute approximate surface area is 199 Å². The number of nitrogens with zero attached hydrogens (tertiary/aromatic N) is 1. The van der Waals surface area contributed by atoms with E-state index in [0.717, 1.165) is 33.9 Å². The van der Waals surface area contributed by atoms with Crippen molar-refractivity contribution in [3.05, 3.63) is 68.5 Å². The molecule has 1 atom stereocenters. The molecule has 3 aromatic rings. The van der Waals surface area contributed by atoms with Crippen molar-refractivity contribution in [1.82, 2.24) is 4.98 Å². The summed E-state index contributed by atoms with van der Waals surface area (Å²) >= 11 is 12.4. The predicted octanol–water partition coefficient (Wildman–Crippen LogP) is 6.43. The van der Waals surface area contributed by atoms with Crippen molar-refractivity contribution in [2.75, 3.05) is 13.2 Å². The monoisotopic (exact) mass is 477 g/mol. The Balaban J connectivity index is 1.80. The number of halogens is 2. The van der Waals surface area contributed by atoms with Gasteiger partial charge in [-0.2, -0.15) is 0 Å². The van der Waals surface area contributed by atoms with Gasteiger partial charge in [0.1, 0.15) is 18.1 Å². The van der Waals surface area contributed by atoms with E-state index in [4.69, 9.17) is 42.4 Å². The third-order valence-electron chi connectivity index (χ3n) is 5.34. The third-order valence-corrected chi connectivity index (χ3v) is 5.89. The second-order valence-corrected chi connectivity index (χ2v) is 9.05. The van der Waals surface area contributed by atoms with Gasteiger partial charge in [0, 0.05) is 10.9 Å². The molecule has 0 spiro atoms. The van der Waals surface area contributed by atoms with Crippen molar-refractivity contribution in [2.45, 2.75) is 52.6 Å². The summed E-state index contributed by atoms with van der Waals surface area (Å²) in [4.78, 5) is 4.70. The highest BCUT2D eigenvalue weighted by Crippen LogP contribution is 2.35. The third kappa shape index (κ3) is 5.65. The van der Waals surface area contributed by atoms with Crippen LogP contribution in [0.2, 0.25) is 10.0 Å². The van der Waals surface area contributed by atoms with E-state index < -0.39 is 6.10 Å². The molecular formula is C25H29Cl2NO4. The van der Waals surface area contributed by atoms with Crippen LogP contribution < -0.4 is 4.74 Å². The number of aliphatic hydroxyl groups excluding tert-OH is 2. The largest absolute Gasteiger partial charge is 0.491 e. The Hall–Kier alpha value is -2.05. The summed E-state index contributed by atoms with van der Waals surface area (Å²) in [6.07, 6.45) is 0.404. The van der Waals surface area contributed by atoms with Crippen LogP contribution in [0.3, 0.4) is 0 Å². The van der Waals surface area contributed by atoms with Crippen molar-refractivity contribution >= 4 is 23.2 Å². The number of oxazole rings is 1. The molecule has 172 valence electrons. The molecule has 0 bridgehead atoms. The Morgan fingerprint density at radius 1 is 1.09 bits per heavy atom. The highest BCUT2D eigenvalue weighted by molar-refractivity contribution is 6.36. The number of aryl methyl sites for hydroxylation is 3. The van der Waals surface area contributed by atoms with Gasteiger partial charge >= 0.3 is 0 Å². The van der Waals surface area contributed by atoms with E-state index in [-0.39, 0.29) is 19.1 Å². The minimum Gasteiger partial charge on any atom is -0.491 e. The predicted molar refractivity (Wildman–Crippen MR) is 128 cm³/mol. The lowest BCUT2D eigenvalue weighted by molar-refractivity contribution is 0.166. The van der Waals surface area contributed by atoms with Crippen LogP contribution in [0.4, 0.5) is 0 Å². The highest BCUT2D eigenvalue weighted by atomic mass is 35.5. The van der Waals surface area contributed by atoms with E-state index in [0.29, 0.717) is 34.3 Å². The van der Waals surface area contributed by atoms with E-state index in [1.807, 2.05) is 39.8 Å². The highest BCUT2D eigenvalue weighted by Gasteiger charge is 2.21. The fourth-order valence-electron chi connectivity index (χ4n) is 3.68. The second kappa shape index (κ2) is 10.7. The average Bonchev–Trinajstić information content (AvgIpc) is 3.16. The average molecular weight is 478 g/mol. The lowest BCUT2D eigenvalue weighted by Gasteiger charge is -2.17. The maximum absolute atomic E-state index is 10.9. The minimum atomic E-state index is -0.653. The summed E-state index contributed by atoms with van der Waals surface area (Å²) in [5.41, 5.74) is 4.22. The summed E-state index contributed by atoms with van der Waals surface area (Å²) in [7, 11) is 0. The lowest BCUT2D eigenvalue weighted by atomic mass is 9.96. The number of rotatable bonds is 9. The molecule has 0 aliphatic rings. The first-order chi connectivity index (χ1) is 15.2. The molecule has 0 amide bonds. The topological polar surface area (TPSA) is 75.7 Å². The van der Waals surface area contributed by atoms with Crippen LogP contribution in [0.25, 0.3) is 11.5 Å². The van der Waals surface area contributed by atoms with Crippen molar-refractivity contribution in [3.63, 3.8) is 0 Å². The number of aliphatic hydroxyl groups is 2. The quantitative estimate of drug-likeness (QED) is 0.371. The lowest BCUT2D eigenvalue weighted by Crippen LogP contribution is -2.07. The van der Waals surface area contributed by atoms with Crippen LogP contribution in [0, 0.1) is 13.8 Å². The summed E-state index contributed by atoms with van der Waals surface area (Å²) in [6.45, 7) is 8.17. The molecule has 0 aliphatic carbocycles. The molecule has 0 fully saturated rings. The SMILES string of the molecule is Cc1cc(C(O)CCc2nc(-c3ccc(Cl)cc3Cl)oc2C(C)C)c(C)cc1OCCO. The Morgan fingerprint density at radius 3 is 2.50 bits per heavy atom. The maximum Gasteiger partial charge on any atom is 0.228 e. The Bertz CT molecular complexity index is 1080. The van der Waals surface area contributed by atoms with Crippen LogP contribution in [0.15, 0.2) is 34.7 Å². The van der Waals surface area contributed by atoms with Crippen LogP contribution >= 0.6 is 23.2 Å². The number of benzene rings is 2. The molecule has 1 heterocycles. The van der Waals surface area contributed by atoms with Gasteiger partial charge in [0.15, 0.2) is 0 Å². The van der Waals surface area contributed by atoms with Gasteiger partial charge in [0.05, 0.1) is 29.0 Å². The first kappa shape index (κ1) is 24.6. The van der Waals surface area contributed by atoms with Gasteiger partial charge in [-0.15, -0.1) is 0 Å². The molecule has 5 nitrogen and oxygen atoms in total. The molecule has 3 rings (SSSR count). The fourth-order valence-corrected chi connectivity index (χ4v) is 4.17. The van der Waals surface area contributed by atoms with Crippen LogP contribution in [0.1, 0.15) is 60.4 Å². The van der Waals surface area contributed by atoms with Crippen molar-refractivity contribution in [3.8, 4) is 17.2 Å². The molecule has 7 heteroatoms. The standard InChI is InChI=1S/C25H29Cl2NO4/c1-14(2)24-21(28-25(32-24)18-6-5-17(26)13-20(18)27)7-8-22(30)19-11-16(4)23(12-15(19)3)31-10-9-29/h5-6,11-14,22,29-30H,7-10H2,1-4H3. The van der Waals surface area contributed by atoms with Crippen molar-refractivity contribution < 1.29 is 19.4 Å². The van der Waals surface area contributed by atoms with E-state index in [9.17, 15) is 5.11 Å². The van der Waals surface area contributed by atoms with Gasteiger partial charge in [0.2, 0.25) is 5.89 Å². The van der Waals surface area contributed by atoms with E-state index >= 15 is 0 Å². The zero-order valence-corrected chi connectivity index (χ0v) is 20.3. The maximum atomic E-state index is 10.9. The molecule has 0 saturated heterocycles. The molecular weight excluding hydrogens is 449 g/mol. The van der Waals surface area contributed by atoms with E-state index in [1.165, 1.54) is 0 Å².